The number of benzene rings is 1. The van der Waals surface area contributed by atoms with Gasteiger partial charge in [-0.1, -0.05) is 12.1 Å². The maximum absolute atomic E-state index is 4.31. The van der Waals surface area contributed by atoms with Crippen molar-refractivity contribution in [1.82, 2.24) is 9.97 Å². The fraction of sp³-hybridized carbons (Fsp3) is 0.200. The molecule has 3 nitrogen and oxygen atoms in total. The Morgan fingerprint density at radius 1 is 1.26 bits per heavy atom. The van der Waals surface area contributed by atoms with Gasteiger partial charge >= 0.3 is 0 Å². The number of nitrogens with one attached hydrogen (secondary N) is 1. The van der Waals surface area contributed by atoms with E-state index in [0.29, 0.717) is 0 Å². The Hall–Kier alpha value is -1.94. The number of rotatable bonds is 3. The van der Waals surface area contributed by atoms with Gasteiger partial charge in [-0.2, -0.15) is 0 Å². The van der Waals surface area contributed by atoms with Crippen molar-refractivity contribution in [3.05, 3.63) is 52.7 Å². The van der Waals surface area contributed by atoms with Crippen LogP contribution in [0.3, 0.4) is 0 Å². The van der Waals surface area contributed by atoms with Crippen LogP contribution in [-0.4, -0.2) is 9.97 Å². The van der Waals surface area contributed by atoms with Crippen LogP contribution in [0.2, 0.25) is 0 Å². The Bertz CT molecular complexity index is 700. The van der Waals surface area contributed by atoms with Crippen molar-refractivity contribution in [3.8, 4) is 0 Å². The zero-order valence-electron chi connectivity index (χ0n) is 10.9. The minimum absolute atomic E-state index is 0.248. The van der Waals surface area contributed by atoms with Gasteiger partial charge in [0.05, 0.1) is 17.2 Å². The molecule has 1 unspecified atom stereocenters. The van der Waals surface area contributed by atoms with E-state index in [4.69, 9.17) is 0 Å². The molecule has 1 aromatic carbocycles. The molecule has 0 saturated heterocycles. The van der Waals surface area contributed by atoms with Gasteiger partial charge in [0.25, 0.3) is 0 Å². The van der Waals surface area contributed by atoms with E-state index < -0.39 is 0 Å². The third-order valence-corrected chi connectivity index (χ3v) is 4.35. The zero-order chi connectivity index (χ0) is 13.2. The molecule has 0 spiro atoms. The third kappa shape index (κ3) is 2.31. The summed E-state index contributed by atoms with van der Waals surface area (Å²) in [5, 5.41) is 5.91. The summed E-state index contributed by atoms with van der Waals surface area (Å²) in [5.74, 6) is 0. The number of thiazole rings is 1. The summed E-state index contributed by atoms with van der Waals surface area (Å²) in [6, 6.07) is 8.54. The number of pyridine rings is 1. The molecule has 19 heavy (non-hydrogen) atoms. The van der Waals surface area contributed by atoms with Crippen molar-refractivity contribution < 1.29 is 0 Å². The second-order valence-corrected chi connectivity index (χ2v) is 5.46. The fourth-order valence-corrected chi connectivity index (χ4v) is 3.08. The highest BCUT2D eigenvalue weighted by Gasteiger charge is 2.11. The summed E-state index contributed by atoms with van der Waals surface area (Å²) in [7, 11) is 0. The smallest absolute Gasteiger partial charge is 0.0798 e. The van der Waals surface area contributed by atoms with Gasteiger partial charge in [-0.25, -0.2) is 4.98 Å². The van der Waals surface area contributed by atoms with Gasteiger partial charge in [-0.05, 0) is 31.4 Å². The van der Waals surface area contributed by atoms with E-state index in [0.717, 1.165) is 16.8 Å². The van der Waals surface area contributed by atoms with Gasteiger partial charge < -0.3 is 5.32 Å². The first-order valence-corrected chi connectivity index (χ1v) is 7.13. The van der Waals surface area contributed by atoms with Gasteiger partial charge in [-0.3, -0.25) is 4.98 Å². The minimum atomic E-state index is 0.248. The van der Waals surface area contributed by atoms with E-state index >= 15 is 0 Å². The van der Waals surface area contributed by atoms with Crippen molar-refractivity contribution >= 4 is 27.8 Å². The predicted octanol–water partition coefficient (Wildman–Crippen LogP) is 4.17. The SMILES string of the molecule is Cc1ncsc1C(C)Nc1cccc2ccncc12. The topological polar surface area (TPSA) is 37.8 Å². The lowest BCUT2D eigenvalue weighted by molar-refractivity contribution is 0.892. The van der Waals surface area contributed by atoms with Crippen LogP contribution in [0.4, 0.5) is 5.69 Å². The predicted molar refractivity (Wildman–Crippen MR) is 80.6 cm³/mol. The largest absolute Gasteiger partial charge is 0.377 e. The fourth-order valence-electron chi connectivity index (χ4n) is 2.26. The van der Waals surface area contributed by atoms with E-state index in [1.54, 1.807) is 11.3 Å². The van der Waals surface area contributed by atoms with Crippen molar-refractivity contribution in [3.63, 3.8) is 0 Å². The molecule has 2 heterocycles. The lowest BCUT2D eigenvalue weighted by Gasteiger charge is -2.16. The van der Waals surface area contributed by atoms with Crippen LogP contribution >= 0.6 is 11.3 Å². The van der Waals surface area contributed by atoms with Crippen LogP contribution in [0.25, 0.3) is 10.8 Å². The van der Waals surface area contributed by atoms with E-state index in [1.165, 1.54) is 10.3 Å². The first kappa shape index (κ1) is 12.1. The summed E-state index contributed by atoms with van der Waals surface area (Å²) in [6.07, 6.45) is 3.73. The zero-order valence-corrected chi connectivity index (χ0v) is 11.7. The monoisotopic (exact) mass is 269 g/mol. The normalized spacial score (nSPS) is 12.5. The second-order valence-electron chi connectivity index (χ2n) is 4.57. The summed E-state index contributed by atoms with van der Waals surface area (Å²) >= 11 is 1.69. The van der Waals surface area contributed by atoms with Gasteiger partial charge in [0.2, 0.25) is 0 Å². The highest BCUT2D eigenvalue weighted by atomic mass is 32.1. The summed E-state index contributed by atoms with van der Waals surface area (Å²) in [4.78, 5) is 9.80. The standard InChI is InChI=1S/C15H15N3S/c1-10-15(19-9-17-10)11(2)18-14-5-3-4-12-6-7-16-8-13(12)14/h3-9,11,18H,1-2H3. The average molecular weight is 269 g/mol. The number of hydrogen-bond acceptors (Lipinski definition) is 4. The second kappa shape index (κ2) is 4.97. The number of anilines is 1. The average Bonchev–Trinajstić information content (AvgIpc) is 2.85. The number of hydrogen-bond donors (Lipinski definition) is 1. The molecule has 0 saturated carbocycles. The minimum Gasteiger partial charge on any atom is -0.377 e. The molecule has 4 heteroatoms. The third-order valence-electron chi connectivity index (χ3n) is 3.23. The highest BCUT2D eigenvalue weighted by molar-refractivity contribution is 7.09. The Morgan fingerprint density at radius 2 is 2.16 bits per heavy atom. The number of nitrogens with zero attached hydrogens (tertiary/aromatic N) is 2. The molecule has 1 atom stereocenters. The quantitative estimate of drug-likeness (QED) is 0.775. The summed E-state index contributed by atoms with van der Waals surface area (Å²) < 4.78 is 0. The molecule has 3 rings (SSSR count). The first-order chi connectivity index (χ1) is 9.25. The van der Waals surface area contributed by atoms with Crippen LogP contribution in [0.1, 0.15) is 23.5 Å². The van der Waals surface area contributed by atoms with Crippen LogP contribution in [0.5, 0.6) is 0 Å². The molecular weight excluding hydrogens is 254 g/mol. The molecule has 0 aliphatic carbocycles. The number of aryl methyl sites for hydroxylation is 1. The molecule has 1 N–H and O–H groups in total. The Labute approximate surface area is 116 Å². The molecule has 0 radical (unpaired) electrons. The van der Waals surface area contributed by atoms with Gasteiger partial charge in [0, 0.05) is 28.3 Å². The van der Waals surface area contributed by atoms with Gasteiger partial charge in [0.1, 0.15) is 0 Å². The summed E-state index contributed by atoms with van der Waals surface area (Å²) in [5.41, 5.74) is 4.11. The molecule has 0 bridgehead atoms. The molecule has 96 valence electrons. The van der Waals surface area contributed by atoms with E-state index in [2.05, 4.69) is 47.3 Å². The van der Waals surface area contributed by atoms with E-state index in [9.17, 15) is 0 Å². The Kier molecular flexibility index (Phi) is 3.17. The van der Waals surface area contributed by atoms with Crippen LogP contribution in [0.15, 0.2) is 42.2 Å². The van der Waals surface area contributed by atoms with Gasteiger partial charge in [-0.15, -0.1) is 11.3 Å². The van der Waals surface area contributed by atoms with E-state index in [1.807, 2.05) is 24.0 Å². The lowest BCUT2D eigenvalue weighted by atomic mass is 10.1. The Balaban J connectivity index is 1.96. The van der Waals surface area contributed by atoms with E-state index in [-0.39, 0.29) is 6.04 Å². The molecule has 0 fully saturated rings. The number of fused-ring (bicyclic) bond motifs is 1. The molecule has 0 aliphatic heterocycles. The van der Waals surface area contributed by atoms with Gasteiger partial charge in [0.15, 0.2) is 0 Å². The first-order valence-electron chi connectivity index (χ1n) is 6.25. The maximum Gasteiger partial charge on any atom is 0.0798 e. The maximum atomic E-state index is 4.31. The molecular formula is C15H15N3S. The van der Waals surface area contributed by atoms with Crippen LogP contribution < -0.4 is 5.32 Å². The summed E-state index contributed by atoms with van der Waals surface area (Å²) in [6.45, 7) is 4.21. The molecule has 0 aliphatic rings. The van der Waals surface area contributed by atoms with Crippen molar-refractivity contribution in [1.29, 1.82) is 0 Å². The molecule has 0 amide bonds. The van der Waals surface area contributed by atoms with Crippen LogP contribution in [-0.2, 0) is 0 Å². The van der Waals surface area contributed by atoms with Crippen molar-refractivity contribution in [2.75, 3.05) is 5.32 Å². The Morgan fingerprint density at radius 3 is 2.95 bits per heavy atom. The van der Waals surface area contributed by atoms with Crippen molar-refractivity contribution in [2.45, 2.75) is 19.9 Å². The lowest BCUT2D eigenvalue weighted by Crippen LogP contribution is -2.06. The van der Waals surface area contributed by atoms with Crippen LogP contribution in [0, 0.1) is 6.92 Å². The van der Waals surface area contributed by atoms with Crippen molar-refractivity contribution in [2.24, 2.45) is 0 Å². The number of aromatic nitrogens is 2. The molecule has 3 aromatic rings. The molecule has 2 aromatic heterocycles. The highest BCUT2D eigenvalue weighted by Crippen LogP contribution is 2.29.